The van der Waals surface area contributed by atoms with Crippen LogP contribution < -0.4 is 10.6 Å². The van der Waals surface area contributed by atoms with E-state index in [1.807, 2.05) is 13.8 Å². The lowest BCUT2D eigenvalue weighted by molar-refractivity contribution is -0.123. The first kappa shape index (κ1) is 15.4. The van der Waals surface area contributed by atoms with E-state index in [1.165, 1.54) is 0 Å². The lowest BCUT2D eigenvalue weighted by atomic mass is 9.79. The maximum absolute atomic E-state index is 11.7. The summed E-state index contributed by atoms with van der Waals surface area (Å²) in [6.45, 7) is 7.34. The Morgan fingerprint density at radius 1 is 1.44 bits per heavy atom. The molecule has 1 amide bonds. The molecule has 0 spiro atoms. The molecule has 0 aromatic rings. The van der Waals surface area contributed by atoms with E-state index in [4.69, 9.17) is 0 Å². The van der Waals surface area contributed by atoms with Crippen molar-refractivity contribution in [2.45, 2.75) is 64.5 Å². The minimum absolute atomic E-state index is 0.0182. The van der Waals surface area contributed by atoms with Crippen LogP contribution in [0.2, 0.25) is 0 Å². The fourth-order valence-electron chi connectivity index (χ4n) is 2.31. The summed E-state index contributed by atoms with van der Waals surface area (Å²) in [5.74, 6) is 0.736. The normalized spacial score (nSPS) is 29.9. The zero-order chi connectivity index (χ0) is 13.6. The first-order valence-corrected chi connectivity index (χ1v) is 7.20. The van der Waals surface area contributed by atoms with Crippen LogP contribution in [0.3, 0.4) is 0 Å². The number of amides is 1. The molecule has 18 heavy (non-hydrogen) atoms. The molecule has 1 atom stereocenters. The summed E-state index contributed by atoms with van der Waals surface area (Å²) in [4.78, 5) is 11.7. The van der Waals surface area contributed by atoms with Crippen LogP contribution in [0.1, 0.15) is 52.9 Å². The maximum Gasteiger partial charge on any atom is 0.236 e. The Morgan fingerprint density at radius 2 is 2.06 bits per heavy atom. The van der Waals surface area contributed by atoms with Gasteiger partial charge in [-0.15, -0.1) is 0 Å². The quantitative estimate of drug-likeness (QED) is 0.674. The highest BCUT2D eigenvalue weighted by atomic mass is 16.3. The van der Waals surface area contributed by atoms with Crippen LogP contribution in [0.25, 0.3) is 0 Å². The molecule has 0 radical (unpaired) electrons. The number of aliphatic hydroxyl groups is 1. The fourth-order valence-corrected chi connectivity index (χ4v) is 2.31. The molecule has 0 bridgehead atoms. The monoisotopic (exact) mass is 256 g/mol. The number of carbonyl (C=O) groups excluding carboxylic acids is 1. The summed E-state index contributed by atoms with van der Waals surface area (Å²) in [6.07, 6.45) is 4.78. The lowest BCUT2D eigenvalue weighted by Crippen LogP contribution is -2.50. The number of hydrogen-bond donors (Lipinski definition) is 3. The van der Waals surface area contributed by atoms with Gasteiger partial charge in [-0.3, -0.25) is 4.79 Å². The van der Waals surface area contributed by atoms with Gasteiger partial charge in [0, 0.05) is 13.1 Å². The lowest BCUT2D eigenvalue weighted by Gasteiger charge is -2.35. The van der Waals surface area contributed by atoms with Crippen molar-refractivity contribution in [1.29, 1.82) is 0 Å². The SMILES string of the molecule is CCCNC(=O)C(C)NCC1(O)CCC(C)CC1. The largest absolute Gasteiger partial charge is 0.389 e. The van der Waals surface area contributed by atoms with Crippen molar-refractivity contribution in [3.63, 3.8) is 0 Å². The van der Waals surface area contributed by atoms with E-state index in [1.54, 1.807) is 0 Å². The van der Waals surface area contributed by atoms with Gasteiger partial charge in [-0.25, -0.2) is 0 Å². The summed E-state index contributed by atoms with van der Waals surface area (Å²) in [7, 11) is 0. The summed E-state index contributed by atoms with van der Waals surface area (Å²) < 4.78 is 0. The molecule has 1 fully saturated rings. The molecule has 1 aliphatic rings. The van der Waals surface area contributed by atoms with Crippen LogP contribution >= 0.6 is 0 Å². The van der Waals surface area contributed by atoms with E-state index in [2.05, 4.69) is 17.6 Å². The number of rotatable bonds is 6. The van der Waals surface area contributed by atoms with Crippen LogP contribution in [0.4, 0.5) is 0 Å². The van der Waals surface area contributed by atoms with E-state index in [9.17, 15) is 9.90 Å². The number of nitrogens with one attached hydrogen (secondary N) is 2. The van der Waals surface area contributed by atoms with Crippen LogP contribution in [-0.2, 0) is 4.79 Å². The summed E-state index contributed by atoms with van der Waals surface area (Å²) >= 11 is 0. The molecule has 1 aliphatic carbocycles. The molecule has 4 heteroatoms. The highest BCUT2D eigenvalue weighted by molar-refractivity contribution is 5.81. The molecule has 0 aromatic carbocycles. The average Bonchev–Trinajstić information content (AvgIpc) is 2.37. The minimum Gasteiger partial charge on any atom is -0.389 e. The molecule has 4 nitrogen and oxygen atoms in total. The second kappa shape index (κ2) is 7.10. The van der Waals surface area contributed by atoms with Gasteiger partial charge in [0.15, 0.2) is 0 Å². The third-order valence-corrected chi connectivity index (χ3v) is 3.88. The van der Waals surface area contributed by atoms with Gasteiger partial charge in [0.2, 0.25) is 5.91 Å². The molecule has 0 aliphatic heterocycles. The minimum atomic E-state index is -0.619. The Kier molecular flexibility index (Phi) is 6.09. The molecular formula is C14H28N2O2. The van der Waals surface area contributed by atoms with E-state index in [-0.39, 0.29) is 11.9 Å². The van der Waals surface area contributed by atoms with Gasteiger partial charge in [-0.2, -0.15) is 0 Å². The second-order valence-corrected chi connectivity index (χ2v) is 5.80. The van der Waals surface area contributed by atoms with Gasteiger partial charge in [-0.1, -0.05) is 13.8 Å². The Labute approximate surface area is 111 Å². The van der Waals surface area contributed by atoms with E-state index >= 15 is 0 Å². The van der Waals surface area contributed by atoms with Crippen molar-refractivity contribution >= 4 is 5.91 Å². The first-order valence-electron chi connectivity index (χ1n) is 7.20. The molecule has 0 aromatic heterocycles. The van der Waals surface area contributed by atoms with Gasteiger partial charge in [0.1, 0.15) is 0 Å². The van der Waals surface area contributed by atoms with Crippen molar-refractivity contribution in [1.82, 2.24) is 10.6 Å². The Balaban J connectivity index is 2.28. The van der Waals surface area contributed by atoms with Crippen LogP contribution in [0.15, 0.2) is 0 Å². The predicted octanol–water partition coefficient (Wildman–Crippen LogP) is 1.43. The van der Waals surface area contributed by atoms with Crippen molar-refractivity contribution in [2.75, 3.05) is 13.1 Å². The second-order valence-electron chi connectivity index (χ2n) is 5.80. The first-order chi connectivity index (χ1) is 8.47. The van der Waals surface area contributed by atoms with Gasteiger partial charge in [0.25, 0.3) is 0 Å². The van der Waals surface area contributed by atoms with Gasteiger partial charge in [-0.05, 0) is 44.9 Å². The zero-order valence-corrected chi connectivity index (χ0v) is 12.0. The standard InChI is InChI=1S/C14H28N2O2/c1-4-9-15-13(17)12(3)16-10-14(18)7-5-11(2)6-8-14/h11-12,16,18H,4-10H2,1-3H3,(H,15,17). The molecule has 106 valence electrons. The third kappa shape index (κ3) is 4.94. The Hall–Kier alpha value is -0.610. The predicted molar refractivity (Wildman–Crippen MR) is 73.3 cm³/mol. The molecular weight excluding hydrogens is 228 g/mol. The third-order valence-electron chi connectivity index (χ3n) is 3.88. The Bertz CT molecular complexity index is 261. The van der Waals surface area contributed by atoms with Crippen molar-refractivity contribution < 1.29 is 9.90 Å². The Morgan fingerprint density at radius 3 is 2.61 bits per heavy atom. The molecule has 1 rings (SSSR count). The highest BCUT2D eigenvalue weighted by Crippen LogP contribution is 2.31. The fraction of sp³-hybridized carbons (Fsp3) is 0.929. The van der Waals surface area contributed by atoms with Crippen LogP contribution in [-0.4, -0.2) is 35.7 Å². The molecule has 1 saturated carbocycles. The average molecular weight is 256 g/mol. The van der Waals surface area contributed by atoms with Gasteiger partial charge in [0.05, 0.1) is 11.6 Å². The highest BCUT2D eigenvalue weighted by Gasteiger charge is 2.32. The topological polar surface area (TPSA) is 61.4 Å². The molecule has 1 unspecified atom stereocenters. The summed E-state index contributed by atoms with van der Waals surface area (Å²) in [5, 5.41) is 16.4. The summed E-state index contributed by atoms with van der Waals surface area (Å²) in [5.41, 5.74) is -0.619. The van der Waals surface area contributed by atoms with E-state index in [0.717, 1.165) is 38.0 Å². The van der Waals surface area contributed by atoms with Crippen molar-refractivity contribution in [3.8, 4) is 0 Å². The smallest absolute Gasteiger partial charge is 0.236 e. The summed E-state index contributed by atoms with van der Waals surface area (Å²) in [6, 6.07) is -0.236. The van der Waals surface area contributed by atoms with E-state index < -0.39 is 5.60 Å². The number of hydrogen-bond acceptors (Lipinski definition) is 3. The van der Waals surface area contributed by atoms with E-state index in [0.29, 0.717) is 13.1 Å². The van der Waals surface area contributed by atoms with Crippen LogP contribution in [0.5, 0.6) is 0 Å². The molecule has 0 heterocycles. The van der Waals surface area contributed by atoms with Gasteiger partial charge < -0.3 is 15.7 Å². The van der Waals surface area contributed by atoms with Gasteiger partial charge >= 0.3 is 0 Å². The maximum atomic E-state index is 11.7. The van der Waals surface area contributed by atoms with Crippen molar-refractivity contribution in [2.24, 2.45) is 5.92 Å². The van der Waals surface area contributed by atoms with Crippen molar-refractivity contribution in [3.05, 3.63) is 0 Å². The molecule has 3 N–H and O–H groups in total. The number of carbonyl (C=O) groups is 1. The van der Waals surface area contributed by atoms with Crippen LogP contribution in [0, 0.1) is 5.92 Å². The molecule has 0 saturated heterocycles. The zero-order valence-electron chi connectivity index (χ0n) is 12.0.